The number of pyridine rings is 5. The van der Waals surface area contributed by atoms with Crippen LogP contribution in [0.25, 0.3) is 54.5 Å². The molecule has 11 aromatic rings. The minimum absolute atomic E-state index is 0. The van der Waals surface area contributed by atoms with Crippen LogP contribution in [-0.4, -0.2) is 98.4 Å². The number of halogens is 7. The number of anilines is 1. The number of aromatic carboxylic acids is 3. The first-order valence-electron chi connectivity index (χ1n) is 29.8. The van der Waals surface area contributed by atoms with E-state index in [9.17, 15) is 52.9 Å². The summed E-state index contributed by atoms with van der Waals surface area (Å²) >= 11 is 31.5. The highest BCUT2D eigenvalue weighted by Gasteiger charge is 2.27. The lowest BCUT2D eigenvalue weighted by Crippen LogP contribution is -2.29. The van der Waals surface area contributed by atoms with Gasteiger partial charge in [-0.05, 0) is 200 Å². The molecule has 0 fully saturated rings. The Labute approximate surface area is 622 Å². The Morgan fingerprint density at radius 3 is 1.59 bits per heavy atom. The number of rotatable bonds is 7. The Kier molecular flexibility index (Phi) is 29.9. The third kappa shape index (κ3) is 24.3. The molecule has 0 amide bonds. The van der Waals surface area contributed by atoms with Crippen molar-refractivity contribution in [2.75, 3.05) is 5.32 Å². The highest BCUT2D eigenvalue weighted by molar-refractivity contribution is 8.24. The molecule has 2 unspecified atom stereocenters. The summed E-state index contributed by atoms with van der Waals surface area (Å²) in [6.07, 6.45) is 19.2. The number of benzene rings is 6. The highest BCUT2D eigenvalue weighted by atomic mass is 36.0. The Bertz CT molecular complexity index is 5190. The number of ketones is 5. The molecule has 0 saturated heterocycles. The predicted octanol–water partition coefficient (Wildman–Crippen LogP) is 18.1. The van der Waals surface area contributed by atoms with Gasteiger partial charge in [0.25, 0.3) is 5.52 Å². The van der Waals surface area contributed by atoms with E-state index in [0.29, 0.717) is 77.1 Å². The number of carboxylic acids is 4. The smallest absolute Gasteiger partial charge is 0.405 e. The number of aromatic nitrogens is 5. The van der Waals surface area contributed by atoms with E-state index in [4.69, 9.17) is 55.2 Å². The van der Waals surface area contributed by atoms with Crippen molar-refractivity contribution in [2.45, 2.75) is 27.2 Å². The summed E-state index contributed by atoms with van der Waals surface area (Å²) in [5.41, 5.74) is 7.70. The number of Topliss-reactive ketones (excluding diaryl/α,β-unsaturated/α-hetero) is 4. The molecule has 103 heavy (non-hydrogen) atoms. The third-order valence-corrected chi connectivity index (χ3v) is 15.5. The van der Waals surface area contributed by atoms with E-state index in [1.807, 2.05) is 30.3 Å². The number of aliphatic carboxylic acids is 1. The van der Waals surface area contributed by atoms with E-state index < -0.39 is 29.1 Å². The SMILES string of the molecule is CC(=O)c1ccc2c(ccc[n+]2O)c1.CC(=O)c1ccc2nc(Cl)ccc2c1.CC(=O)c1ccc2nccc(Cl)c2c1.Cl.O=C(O)c1ccc2c(c1)C(=O)[C+]=CN2.O=C(O)c1ccc2nccc(Cl)c2c1.O=C(O)c1ccc2ncccc2c1.O=C1C=CC2C=C(C(=O)O)C=CC2C1.O=P(Cl)(Cl)Cl. The van der Waals surface area contributed by atoms with Gasteiger partial charge < -0.3 is 25.7 Å². The van der Waals surface area contributed by atoms with Gasteiger partial charge in [-0.25, -0.2) is 29.0 Å². The minimum atomic E-state index is -3.22. The number of carbonyl (C=O) groups excluding carboxylic acids is 5. The lowest BCUT2D eigenvalue weighted by molar-refractivity contribution is -0.884. The minimum Gasteiger partial charge on any atom is -0.478 e. The second-order valence-electron chi connectivity index (χ2n) is 21.7. The zero-order valence-corrected chi connectivity index (χ0v) is 60.1. The van der Waals surface area contributed by atoms with Crippen LogP contribution in [0.5, 0.6) is 0 Å². The van der Waals surface area contributed by atoms with Crippen molar-refractivity contribution in [2.24, 2.45) is 11.8 Å². The van der Waals surface area contributed by atoms with Crippen molar-refractivity contribution >= 4 is 199 Å². The van der Waals surface area contributed by atoms with E-state index in [1.165, 1.54) is 50.4 Å². The zero-order chi connectivity index (χ0) is 74.5. The Morgan fingerprint density at radius 2 is 1.01 bits per heavy atom. The summed E-state index contributed by atoms with van der Waals surface area (Å²) in [5, 5.41) is 49.7. The van der Waals surface area contributed by atoms with Crippen molar-refractivity contribution in [1.29, 1.82) is 0 Å². The number of nitrogens with zero attached hydrogens (tertiary/aromatic N) is 5. The number of allylic oxidation sites excluding steroid dienone is 5. The van der Waals surface area contributed by atoms with Gasteiger partial charge in [0.2, 0.25) is 6.20 Å². The first-order valence-corrected chi connectivity index (χ1v) is 35.3. The van der Waals surface area contributed by atoms with Gasteiger partial charge in [-0.1, -0.05) is 65.2 Å². The van der Waals surface area contributed by atoms with Crippen LogP contribution in [0.4, 0.5) is 5.69 Å². The maximum atomic E-state index is 11.3. The number of fused-ring (bicyclic) bond motifs is 7. The van der Waals surface area contributed by atoms with Gasteiger partial charge in [0, 0.05) is 86.0 Å². The molecule has 1 aliphatic heterocycles. The number of carbonyl (C=O) groups is 9. The summed E-state index contributed by atoms with van der Waals surface area (Å²) in [6.45, 7) is 4.60. The summed E-state index contributed by atoms with van der Waals surface area (Å²) < 4.78 is 10.6. The molecule has 0 bridgehead atoms. The average Bonchev–Trinajstić information content (AvgIpc) is 0.853. The Balaban J connectivity index is 0.000000186. The molecule has 6 N–H and O–H groups in total. The standard InChI is InChI=1S/2C11H8ClNO.C11H10NO2.C11H10O3.C10H6ClNO2.C10H5NO3.C10H7NO2.Cl3OP.ClH/c1-7(14)8-2-4-10-9(6-8)3-5-11(12)13-10;1-7(14)8-2-3-11-9(6-8)10(12)4-5-13-11;1-8(13)9-4-5-11-10(7-9)3-2-6-12(11)14;12-10-4-3-7-5-9(11(13)14)2-1-8(7)6-10;11-8-3-4-12-9-2-1-6(10(13)14)5-7(8)9;12-9-3-4-11-8-2-1-6(10(13)14)5-7(8)9;12-10(13)8-3-4-9-7(6-8)2-1-5-11-9;1-5(2,3)4;/h2*2-6H,1H3;2-7,14H,1H3;1-5,7-8H,6H2,(H,13,14);1-5H,(H,13,14);1-2,4-5H,(H-,11,12,13,14);1-6H,(H,12,13);;1H/q;;+1;;;;;;/p+1. The quantitative estimate of drug-likeness (QED) is 0.0216. The molecule has 0 radical (unpaired) electrons. The fourth-order valence-corrected chi connectivity index (χ4v) is 10.2. The van der Waals surface area contributed by atoms with Crippen LogP contribution in [0.1, 0.15) is 99.7 Å². The molecule has 0 saturated carbocycles. The lowest BCUT2D eigenvalue weighted by Gasteiger charge is -2.24. The van der Waals surface area contributed by atoms with Crippen LogP contribution in [0.2, 0.25) is 15.2 Å². The van der Waals surface area contributed by atoms with Crippen molar-refractivity contribution in [1.82, 2.24) is 19.9 Å². The summed E-state index contributed by atoms with van der Waals surface area (Å²) in [6, 6.07) is 44.0. The van der Waals surface area contributed by atoms with Gasteiger partial charge in [0.05, 0.1) is 65.8 Å². The number of nitrogens with one attached hydrogen (secondary N) is 1. The van der Waals surface area contributed by atoms with Crippen LogP contribution < -0.4 is 10.0 Å². The summed E-state index contributed by atoms with van der Waals surface area (Å²) in [4.78, 5) is 115. The predicted molar refractivity (Wildman–Crippen MR) is 399 cm³/mol. The Hall–Kier alpha value is -10.7. The summed E-state index contributed by atoms with van der Waals surface area (Å²) in [5.74, 6) is -3.68. The fraction of sp³-hybridized carbons (Fsp3) is 0.0811. The van der Waals surface area contributed by atoms with Crippen molar-refractivity contribution in [3.8, 4) is 0 Å². The molecule has 21 nitrogen and oxygen atoms in total. The van der Waals surface area contributed by atoms with Gasteiger partial charge in [-0.3, -0.25) is 43.9 Å². The molecular weight excluding hydrogens is 1490 g/mol. The normalized spacial score (nSPS) is 13.3. The van der Waals surface area contributed by atoms with E-state index >= 15 is 0 Å². The van der Waals surface area contributed by atoms with E-state index in [2.05, 4.69) is 65.1 Å². The zero-order valence-electron chi connectivity index (χ0n) is 53.8. The van der Waals surface area contributed by atoms with Gasteiger partial charge in [-0.15, -0.1) is 12.4 Å². The molecule has 3 aliphatic rings. The first kappa shape index (κ1) is 81.3. The fourth-order valence-electron chi connectivity index (χ4n) is 9.58. The molecule has 6 aromatic carbocycles. The second kappa shape index (κ2) is 37.8. The number of carboxylic acid groups (broad SMARTS) is 4. The number of hydrogen-bond donors (Lipinski definition) is 6. The van der Waals surface area contributed by atoms with E-state index in [-0.39, 0.29) is 64.3 Å². The van der Waals surface area contributed by atoms with E-state index in [0.717, 1.165) is 42.8 Å². The molecule has 29 heteroatoms. The third-order valence-electron chi connectivity index (χ3n) is 14.6. The van der Waals surface area contributed by atoms with Gasteiger partial charge in [0.1, 0.15) is 10.8 Å². The second-order valence-corrected chi connectivity index (χ2v) is 29.5. The molecule has 2 atom stereocenters. The Morgan fingerprint density at radius 1 is 0.534 bits per heavy atom. The van der Waals surface area contributed by atoms with Crippen molar-refractivity contribution in [3.05, 3.63) is 285 Å². The molecule has 5 aromatic heterocycles. The maximum Gasteiger partial charge on any atom is 0.405 e. The summed E-state index contributed by atoms with van der Waals surface area (Å²) in [7, 11) is 0. The number of hydrogen-bond acceptors (Lipinski definition) is 16. The molecular formula is C74H56Cl7N6O15P+2. The topological polar surface area (TPSA) is 339 Å². The molecule has 14 rings (SSSR count). The van der Waals surface area contributed by atoms with Crippen LogP contribution >= 0.6 is 86.1 Å². The van der Waals surface area contributed by atoms with Gasteiger partial charge in [-0.2, -0.15) is 0 Å². The molecule has 6 heterocycles. The van der Waals surface area contributed by atoms with E-state index in [1.54, 1.807) is 159 Å². The largest absolute Gasteiger partial charge is 0.478 e. The van der Waals surface area contributed by atoms with Crippen molar-refractivity contribution in [3.63, 3.8) is 0 Å². The maximum absolute atomic E-state index is 11.3. The molecule has 0 spiro atoms. The van der Waals surface area contributed by atoms with Crippen molar-refractivity contribution < 1.29 is 78.1 Å². The van der Waals surface area contributed by atoms with Gasteiger partial charge >= 0.3 is 34.9 Å². The average molecular weight is 1550 g/mol. The van der Waals surface area contributed by atoms with Crippen LogP contribution in [0.3, 0.4) is 0 Å². The lowest BCUT2D eigenvalue weighted by atomic mass is 9.79. The van der Waals surface area contributed by atoms with Crippen LogP contribution in [-0.2, 0) is 14.2 Å². The van der Waals surface area contributed by atoms with Crippen LogP contribution in [0, 0.1) is 17.9 Å². The molecule has 524 valence electrons. The first-order chi connectivity index (χ1) is 48.3. The van der Waals surface area contributed by atoms with Gasteiger partial charge in [0.15, 0.2) is 41.0 Å². The van der Waals surface area contributed by atoms with Crippen LogP contribution in [0.15, 0.2) is 225 Å². The highest BCUT2D eigenvalue weighted by Crippen LogP contribution is 2.61. The monoisotopic (exact) mass is 1540 g/mol. The molecule has 2 aliphatic carbocycles.